The lowest BCUT2D eigenvalue weighted by Crippen LogP contribution is -2.55. The molecule has 1 aromatic rings. The van der Waals surface area contributed by atoms with Gasteiger partial charge < -0.3 is 20.6 Å². The summed E-state index contributed by atoms with van der Waals surface area (Å²) in [6.45, 7) is 5.35. The Balaban J connectivity index is 1.81. The van der Waals surface area contributed by atoms with Gasteiger partial charge in [-0.25, -0.2) is 9.18 Å². The standard InChI is InChI=1S/C18H28FN3O2/c1-3-9-18(2,13-23)21-17(24)20-15-7-10-22(11-8-15)16-6-4-5-14(19)12-16/h4-6,12,15,23H,3,7-11,13H2,1-2H3,(H2,20,21,24). The number of halogens is 1. The Hall–Kier alpha value is -1.82. The van der Waals surface area contributed by atoms with Crippen LogP contribution in [0.5, 0.6) is 0 Å². The minimum atomic E-state index is -0.582. The van der Waals surface area contributed by atoms with Crippen molar-refractivity contribution in [3.63, 3.8) is 0 Å². The van der Waals surface area contributed by atoms with E-state index >= 15 is 0 Å². The topological polar surface area (TPSA) is 64.6 Å². The summed E-state index contributed by atoms with van der Waals surface area (Å²) in [5, 5.41) is 15.3. The number of carbonyl (C=O) groups is 1. The lowest BCUT2D eigenvalue weighted by atomic mass is 9.97. The number of hydrogen-bond donors (Lipinski definition) is 3. The molecule has 134 valence electrons. The van der Waals surface area contributed by atoms with Crippen molar-refractivity contribution in [3.05, 3.63) is 30.1 Å². The maximum Gasteiger partial charge on any atom is 0.315 e. The molecule has 2 rings (SSSR count). The lowest BCUT2D eigenvalue weighted by molar-refractivity contribution is 0.161. The predicted octanol–water partition coefficient (Wildman–Crippen LogP) is 2.64. The summed E-state index contributed by atoms with van der Waals surface area (Å²) in [7, 11) is 0. The Morgan fingerprint density at radius 3 is 2.71 bits per heavy atom. The van der Waals surface area contributed by atoms with E-state index in [1.54, 1.807) is 6.07 Å². The highest BCUT2D eigenvalue weighted by Crippen LogP contribution is 2.21. The van der Waals surface area contributed by atoms with Crippen LogP contribution in [0.25, 0.3) is 0 Å². The Labute approximate surface area is 143 Å². The molecule has 1 unspecified atom stereocenters. The Kier molecular flexibility index (Phi) is 6.43. The minimum absolute atomic E-state index is 0.0771. The van der Waals surface area contributed by atoms with Crippen molar-refractivity contribution >= 4 is 11.7 Å². The van der Waals surface area contributed by atoms with E-state index in [4.69, 9.17) is 0 Å². The number of benzene rings is 1. The maximum atomic E-state index is 13.3. The molecule has 0 bridgehead atoms. The number of aliphatic hydroxyl groups is 1. The zero-order valence-electron chi connectivity index (χ0n) is 14.5. The highest BCUT2D eigenvalue weighted by molar-refractivity contribution is 5.75. The van der Waals surface area contributed by atoms with E-state index in [2.05, 4.69) is 15.5 Å². The van der Waals surface area contributed by atoms with Gasteiger partial charge in [0.25, 0.3) is 0 Å². The van der Waals surface area contributed by atoms with Gasteiger partial charge in [-0.1, -0.05) is 19.4 Å². The van der Waals surface area contributed by atoms with Crippen molar-refractivity contribution in [3.8, 4) is 0 Å². The Morgan fingerprint density at radius 2 is 2.12 bits per heavy atom. The highest BCUT2D eigenvalue weighted by atomic mass is 19.1. The summed E-state index contributed by atoms with van der Waals surface area (Å²) in [5.41, 5.74) is 0.301. The summed E-state index contributed by atoms with van der Waals surface area (Å²) in [6.07, 6.45) is 3.25. The van der Waals surface area contributed by atoms with Gasteiger partial charge in [0.1, 0.15) is 5.82 Å². The molecule has 0 saturated carbocycles. The maximum absolute atomic E-state index is 13.3. The monoisotopic (exact) mass is 337 g/mol. The molecule has 1 aromatic carbocycles. The molecule has 1 fully saturated rings. The van der Waals surface area contributed by atoms with Gasteiger partial charge >= 0.3 is 6.03 Å². The molecule has 0 radical (unpaired) electrons. The van der Waals surface area contributed by atoms with Gasteiger partial charge in [-0.15, -0.1) is 0 Å². The van der Waals surface area contributed by atoms with E-state index in [0.29, 0.717) is 0 Å². The normalized spacial score (nSPS) is 18.1. The molecule has 1 heterocycles. The SMILES string of the molecule is CCCC(C)(CO)NC(=O)NC1CCN(c2cccc(F)c2)CC1. The van der Waals surface area contributed by atoms with E-state index in [1.165, 1.54) is 12.1 Å². The second-order valence-electron chi connectivity index (χ2n) is 6.81. The van der Waals surface area contributed by atoms with Crippen LogP contribution in [0.2, 0.25) is 0 Å². The van der Waals surface area contributed by atoms with Crippen LogP contribution in [-0.2, 0) is 0 Å². The van der Waals surface area contributed by atoms with Crippen LogP contribution in [0.1, 0.15) is 39.5 Å². The van der Waals surface area contributed by atoms with E-state index in [0.717, 1.165) is 44.5 Å². The Bertz CT molecular complexity index is 547. The number of nitrogens with one attached hydrogen (secondary N) is 2. The zero-order chi connectivity index (χ0) is 17.6. The molecule has 0 aromatic heterocycles. The average molecular weight is 337 g/mol. The van der Waals surface area contributed by atoms with Crippen LogP contribution in [0.3, 0.4) is 0 Å². The number of amides is 2. The van der Waals surface area contributed by atoms with Crippen molar-refractivity contribution in [1.29, 1.82) is 0 Å². The van der Waals surface area contributed by atoms with Gasteiger partial charge in [0.05, 0.1) is 12.1 Å². The van der Waals surface area contributed by atoms with Crippen LogP contribution >= 0.6 is 0 Å². The average Bonchev–Trinajstić information content (AvgIpc) is 2.55. The highest BCUT2D eigenvalue weighted by Gasteiger charge is 2.27. The first kappa shape index (κ1) is 18.5. The molecule has 6 heteroatoms. The van der Waals surface area contributed by atoms with Crippen molar-refractivity contribution in [2.45, 2.75) is 51.1 Å². The van der Waals surface area contributed by atoms with Gasteiger partial charge in [-0.05, 0) is 44.4 Å². The molecule has 5 nitrogen and oxygen atoms in total. The summed E-state index contributed by atoms with van der Waals surface area (Å²) >= 11 is 0. The number of piperidine rings is 1. The minimum Gasteiger partial charge on any atom is -0.394 e. The molecule has 2 amide bonds. The smallest absolute Gasteiger partial charge is 0.315 e. The van der Waals surface area contributed by atoms with Gasteiger partial charge in [-0.2, -0.15) is 0 Å². The summed E-state index contributed by atoms with van der Waals surface area (Å²) in [4.78, 5) is 14.3. The van der Waals surface area contributed by atoms with Crippen molar-refractivity contribution in [1.82, 2.24) is 10.6 Å². The molecule has 0 aliphatic carbocycles. The lowest BCUT2D eigenvalue weighted by Gasteiger charge is -2.35. The number of nitrogens with zero attached hydrogens (tertiary/aromatic N) is 1. The predicted molar refractivity (Wildman–Crippen MR) is 93.7 cm³/mol. The van der Waals surface area contributed by atoms with E-state index in [1.807, 2.05) is 19.9 Å². The fourth-order valence-corrected chi connectivity index (χ4v) is 3.18. The third-order valence-electron chi connectivity index (χ3n) is 4.57. The number of anilines is 1. The first-order valence-electron chi connectivity index (χ1n) is 8.66. The second-order valence-corrected chi connectivity index (χ2v) is 6.81. The van der Waals surface area contributed by atoms with E-state index < -0.39 is 5.54 Å². The summed E-state index contributed by atoms with van der Waals surface area (Å²) in [6, 6.07) is 6.46. The fourth-order valence-electron chi connectivity index (χ4n) is 3.18. The van der Waals surface area contributed by atoms with Crippen molar-refractivity contribution in [2.24, 2.45) is 0 Å². The number of urea groups is 1. The summed E-state index contributed by atoms with van der Waals surface area (Å²) in [5.74, 6) is -0.230. The first-order chi connectivity index (χ1) is 11.5. The van der Waals surface area contributed by atoms with Crippen LogP contribution in [0.15, 0.2) is 24.3 Å². The quantitative estimate of drug-likeness (QED) is 0.748. The molecule has 24 heavy (non-hydrogen) atoms. The van der Waals surface area contributed by atoms with Gasteiger partial charge in [0, 0.05) is 24.8 Å². The second kappa shape index (κ2) is 8.33. The number of aliphatic hydroxyl groups excluding tert-OH is 1. The molecular formula is C18H28FN3O2. The van der Waals surface area contributed by atoms with Gasteiger partial charge in [0.2, 0.25) is 0 Å². The molecule has 1 atom stereocenters. The van der Waals surface area contributed by atoms with Crippen LogP contribution in [0.4, 0.5) is 14.9 Å². The van der Waals surface area contributed by atoms with Crippen LogP contribution in [0, 0.1) is 5.82 Å². The number of rotatable bonds is 6. The van der Waals surface area contributed by atoms with Crippen molar-refractivity contribution in [2.75, 3.05) is 24.6 Å². The zero-order valence-corrected chi connectivity index (χ0v) is 14.5. The molecule has 3 N–H and O–H groups in total. The fraction of sp³-hybridized carbons (Fsp3) is 0.611. The molecule has 0 spiro atoms. The van der Waals surface area contributed by atoms with Gasteiger partial charge in [0.15, 0.2) is 0 Å². The first-order valence-corrected chi connectivity index (χ1v) is 8.66. The Morgan fingerprint density at radius 1 is 1.42 bits per heavy atom. The van der Waals surface area contributed by atoms with Crippen LogP contribution < -0.4 is 15.5 Å². The molecule has 1 aliphatic rings. The van der Waals surface area contributed by atoms with Gasteiger partial charge in [-0.3, -0.25) is 0 Å². The van der Waals surface area contributed by atoms with E-state index in [9.17, 15) is 14.3 Å². The van der Waals surface area contributed by atoms with Crippen molar-refractivity contribution < 1.29 is 14.3 Å². The number of hydrogen-bond acceptors (Lipinski definition) is 3. The third-order valence-corrected chi connectivity index (χ3v) is 4.57. The number of carbonyl (C=O) groups excluding carboxylic acids is 1. The molecule has 1 aliphatic heterocycles. The summed E-state index contributed by atoms with van der Waals surface area (Å²) < 4.78 is 13.3. The van der Waals surface area contributed by atoms with Crippen LogP contribution in [-0.4, -0.2) is 42.4 Å². The molecule has 1 saturated heterocycles. The third kappa shape index (κ3) is 5.09. The van der Waals surface area contributed by atoms with E-state index in [-0.39, 0.29) is 24.5 Å². The molecular weight excluding hydrogens is 309 g/mol. The largest absolute Gasteiger partial charge is 0.394 e.